The lowest BCUT2D eigenvalue weighted by molar-refractivity contribution is -0.290. The zero-order valence-electron chi connectivity index (χ0n) is 31.2. The second-order valence-corrected chi connectivity index (χ2v) is 15.1. The number of hydrogen-bond donors (Lipinski definition) is 0. The van der Waals surface area contributed by atoms with Gasteiger partial charge in [0.25, 0.3) is 0 Å². The Morgan fingerprint density at radius 3 is 2.02 bits per heavy atom. The minimum Gasteiger partial charge on any atom is -0.462 e. The van der Waals surface area contributed by atoms with E-state index in [1.54, 1.807) is 20.8 Å². The molecule has 1 spiro atoms. The van der Waals surface area contributed by atoms with Gasteiger partial charge in [0.15, 0.2) is 30.1 Å². The summed E-state index contributed by atoms with van der Waals surface area (Å²) in [4.78, 5) is 54.7. The number of carbonyl (C=O) groups is 4. The van der Waals surface area contributed by atoms with Crippen LogP contribution in [0.2, 0.25) is 0 Å². The Morgan fingerprint density at radius 1 is 0.837 bits per heavy atom. The van der Waals surface area contributed by atoms with Gasteiger partial charge >= 0.3 is 17.9 Å². The molecule has 280 valence electrons. The number of carbonyl (C=O) groups excluding carboxylic acids is 4. The Morgan fingerprint density at radius 2 is 1.47 bits per heavy atom. The van der Waals surface area contributed by atoms with Crippen molar-refractivity contribution in [3.8, 4) is 0 Å². The molecular weight excluding hydrogens is 638 g/mol. The van der Waals surface area contributed by atoms with Crippen LogP contribution in [0.1, 0.15) is 88.0 Å². The molecule has 13 nitrogen and oxygen atoms in total. The summed E-state index contributed by atoms with van der Waals surface area (Å²) in [5, 5.41) is 0. The fraction of sp³-hybridized carbons (Fsp3) is 0.889. The third-order valence-corrected chi connectivity index (χ3v) is 10.9. The molecule has 4 fully saturated rings. The molecule has 4 aliphatic rings. The summed E-state index contributed by atoms with van der Waals surface area (Å²) in [6.07, 6.45) is -2.90. The van der Waals surface area contributed by atoms with Crippen molar-refractivity contribution in [1.29, 1.82) is 0 Å². The molecule has 0 amide bonds. The molecule has 0 N–H and O–H groups in total. The molecule has 0 saturated carbocycles. The quantitative estimate of drug-likeness (QED) is 0.217. The number of rotatable bonds is 7. The van der Waals surface area contributed by atoms with Crippen molar-refractivity contribution in [2.45, 2.75) is 149 Å². The monoisotopic (exact) mass is 697 g/mol. The van der Waals surface area contributed by atoms with Crippen LogP contribution in [0.25, 0.3) is 0 Å². The number of hydrogen-bond acceptors (Lipinski definition) is 13. The Labute approximate surface area is 291 Å². The first-order valence-electron chi connectivity index (χ1n) is 17.9. The number of esters is 3. The van der Waals surface area contributed by atoms with E-state index in [9.17, 15) is 19.2 Å². The SMILES string of the molecule is CC(=O)O[C@H]1[C@@H](C)[C@H](C)OC(=O)[C@H](C)[C@H](O[C@H]2CCCO2)[C@H](C)[C@@H](O[C@@H]2O[C@H](C)C[C@H](N(C)C)[C@H]2OC(C)=O)[C@@H](C)C[C@@]2(CO2)C(=O)[C@@H]1C. The first-order valence-corrected chi connectivity index (χ1v) is 17.9. The van der Waals surface area contributed by atoms with E-state index in [-0.39, 0.29) is 30.5 Å². The maximum atomic E-state index is 14.2. The number of ether oxygens (including phenoxy) is 8. The van der Waals surface area contributed by atoms with Gasteiger partial charge in [-0.25, -0.2) is 0 Å². The fourth-order valence-corrected chi connectivity index (χ4v) is 7.91. The number of nitrogens with zero attached hydrogens (tertiary/aromatic N) is 1. The van der Waals surface area contributed by atoms with Crippen molar-refractivity contribution in [2.24, 2.45) is 29.6 Å². The average molecular weight is 698 g/mol. The van der Waals surface area contributed by atoms with E-state index in [1.807, 2.05) is 46.7 Å². The summed E-state index contributed by atoms with van der Waals surface area (Å²) in [5.74, 6) is -4.44. The number of Topliss-reactive ketones (excluding diaryl/α,β-unsaturated/α-hetero) is 1. The van der Waals surface area contributed by atoms with E-state index in [4.69, 9.17) is 37.9 Å². The van der Waals surface area contributed by atoms with E-state index in [0.29, 0.717) is 25.9 Å². The van der Waals surface area contributed by atoms with Crippen LogP contribution in [-0.2, 0) is 57.1 Å². The van der Waals surface area contributed by atoms with Crippen LogP contribution in [0.4, 0.5) is 0 Å². The summed E-state index contributed by atoms with van der Waals surface area (Å²) in [6, 6.07) is -0.183. The van der Waals surface area contributed by atoms with Crippen LogP contribution in [0.5, 0.6) is 0 Å². The molecular formula is C36H59NO12. The normalized spacial score (nSPS) is 43.9. The second-order valence-electron chi connectivity index (χ2n) is 15.1. The summed E-state index contributed by atoms with van der Waals surface area (Å²) in [5.41, 5.74) is -1.11. The maximum absolute atomic E-state index is 14.2. The van der Waals surface area contributed by atoms with Crippen LogP contribution in [0, 0.1) is 29.6 Å². The van der Waals surface area contributed by atoms with Crippen LogP contribution in [0.3, 0.4) is 0 Å². The van der Waals surface area contributed by atoms with Crippen LogP contribution >= 0.6 is 0 Å². The van der Waals surface area contributed by atoms with Crippen molar-refractivity contribution >= 4 is 23.7 Å². The van der Waals surface area contributed by atoms with E-state index < -0.39 is 90.3 Å². The molecule has 0 aromatic carbocycles. The predicted molar refractivity (Wildman–Crippen MR) is 176 cm³/mol. The van der Waals surface area contributed by atoms with Crippen molar-refractivity contribution in [3.63, 3.8) is 0 Å². The molecule has 4 rings (SSSR count). The molecule has 0 unspecified atom stereocenters. The van der Waals surface area contributed by atoms with Gasteiger partial charge in [-0.1, -0.05) is 27.7 Å². The molecule has 0 aromatic heterocycles. The van der Waals surface area contributed by atoms with Crippen LogP contribution in [-0.4, -0.2) is 117 Å². The van der Waals surface area contributed by atoms with Gasteiger partial charge in [0.05, 0.1) is 42.8 Å². The molecule has 0 aliphatic carbocycles. The summed E-state index contributed by atoms with van der Waals surface area (Å²) in [7, 11) is 3.85. The van der Waals surface area contributed by atoms with E-state index in [0.717, 1.165) is 6.42 Å². The van der Waals surface area contributed by atoms with Crippen molar-refractivity contribution in [2.75, 3.05) is 27.3 Å². The number of ketones is 1. The lowest BCUT2D eigenvalue weighted by Gasteiger charge is -2.46. The van der Waals surface area contributed by atoms with E-state index >= 15 is 0 Å². The first kappa shape index (κ1) is 39.6. The highest BCUT2D eigenvalue weighted by atomic mass is 16.7. The van der Waals surface area contributed by atoms with Gasteiger partial charge in [-0.05, 0) is 60.0 Å². The zero-order valence-corrected chi connectivity index (χ0v) is 31.2. The Bertz CT molecular complexity index is 1170. The molecule has 4 aliphatic heterocycles. The maximum Gasteiger partial charge on any atom is 0.311 e. The molecule has 49 heavy (non-hydrogen) atoms. The highest BCUT2D eigenvalue weighted by molar-refractivity contribution is 5.92. The Balaban J connectivity index is 1.78. The minimum atomic E-state index is -1.11. The third kappa shape index (κ3) is 9.39. The lowest BCUT2D eigenvalue weighted by atomic mass is 9.76. The molecule has 0 aromatic rings. The molecule has 15 atom stereocenters. The molecule has 4 saturated heterocycles. The standard InChI is InChI=1S/C36H59NO12/c1-18-16-36(17-43-36)33(40)22(5)30(46-25(8)38)20(3)24(7)45-34(41)23(6)31(48-28-13-12-14-42-28)21(4)29(18)49-35-32(47-26(9)39)27(37(10)11)15-19(2)44-35/h18-24,27-32,35H,12-17H2,1-11H3/t18-,19+,20-,21+,22+,23+,24-,27-,28-,29-,30-,31+,32+,35-,36+/m0/s1. The highest BCUT2D eigenvalue weighted by Crippen LogP contribution is 2.43. The topological polar surface area (TPSA) is 149 Å². The van der Waals surface area contributed by atoms with Gasteiger partial charge in [-0.15, -0.1) is 0 Å². The molecule has 13 heteroatoms. The van der Waals surface area contributed by atoms with Gasteiger partial charge in [-0.3, -0.25) is 19.2 Å². The van der Waals surface area contributed by atoms with Crippen molar-refractivity contribution in [3.05, 3.63) is 0 Å². The van der Waals surface area contributed by atoms with Crippen molar-refractivity contribution in [1.82, 2.24) is 4.90 Å². The Kier molecular flexibility index (Phi) is 13.3. The molecule has 0 bridgehead atoms. The average Bonchev–Trinajstić information content (AvgIpc) is 3.61. The predicted octanol–water partition coefficient (Wildman–Crippen LogP) is 3.68. The second kappa shape index (κ2) is 16.5. The largest absolute Gasteiger partial charge is 0.462 e. The number of epoxide rings is 1. The van der Waals surface area contributed by atoms with Gasteiger partial charge in [0, 0.05) is 38.7 Å². The summed E-state index contributed by atoms with van der Waals surface area (Å²) in [6.45, 7) is 16.4. The van der Waals surface area contributed by atoms with E-state index in [1.165, 1.54) is 13.8 Å². The molecule has 0 radical (unpaired) electrons. The first-order chi connectivity index (χ1) is 22.9. The van der Waals surface area contributed by atoms with Crippen LogP contribution < -0.4 is 0 Å². The van der Waals surface area contributed by atoms with Crippen molar-refractivity contribution < 1.29 is 57.1 Å². The minimum absolute atomic E-state index is 0.183. The fourth-order valence-electron chi connectivity index (χ4n) is 7.91. The van der Waals surface area contributed by atoms with Gasteiger partial charge < -0.3 is 42.8 Å². The smallest absolute Gasteiger partial charge is 0.311 e. The third-order valence-electron chi connectivity index (χ3n) is 10.9. The summed E-state index contributed by atoms with van der Waals surface area (Å²) >= 11 is 0. The van der Waals surface area contributed by atoms with E-state index in [2.05, 4.69) is 0 Å². The Hall–Kier alpha value is -2.16. The van der Waals surface area contributed by atoms with Gasteiger partial charge in [-0.2, -0.15) is 0 Å². The lowest BCUT2D eigenvalue weighted by Crippen LogP contribution is -2.58. The summed E-state index contributed by atoms with van der Waals surface area (Å²) < 4.78 is 49.3. The highest BCUT2D eigenvalue weighted by Gasteiger charge is 2.58. The van der Waals surface area contributed by atoms with Gasteiger partial charge in [0.1, 0.15) is 12.2 Å². The van der Waals surface area contributed by atoms with Crippen LogP contribution in [0.15, 0.2) is 0 Å². The number of likely N-dealkylation sites (N-methyl/N-ethyl adjacent to an activating group) is 1. The molecule has 4 heterocycles. The number of cyclic esters (lactones) is 1. The van der Waals surface area contributed by atoms with Gasteiger partial charge in [0.2, 0.25) is 0 Å². The zero-order chi connectivity index (χ0) is 36.4.